The highest BCUT2D eigenvalue weighted by Crippen LogP contribution is 2.60. The van der Waals surface area contributed by atoms with Gasteiger partial charge in [0.2, 0.25) is 0 Å². The summed E-state index contributed by atoms with van der Waals surface area (Å²) in [6.45, 7) is 12.1. The van der Waals surface area contributed by atoms with Gasteiger partial charge in [-0.3, -0.25) is 0 Å². The lowest BCUT2D eigenvalue weighted by molar-refractivity contribution is -0.109. The molecule has 0 heterocycles. The van der Waals surface area contributed by atoms with E-state index in [1.165, 1.54) is 11.1 Å². The number of fused-ring (bicyclic) bond motifs is 1. The number of hydrogen-bond donors (Lipinski definition) is 4. The molecule has 0 aromatic carbocycles. The summed E-state index contributed by atoms with van der Waals surface area (Å²) in [6.07, 6.45) is 10.3. The lowest BCUT2D eigenvalue weighted by Gasteiger charge is -2.48. The molecule has 3 fully saturated rings. The Hall–Kier alpha value is -0.940. The van der Waals surface area contributed by atoms with E-state index in [1.54, 1.807) is 0 Å². The Kier molecular flexibility index (Phi) is 7.57. The van der Waals surface area contributed by atoms with E-state index in [-0.39, 0.29) is 29.8 Å². The van der Waals surface area contributed by atoms with Gasteiger partial charge in [-0.05, 0) is 87.0 Å². The number of hydrogen-bond acceptors (Lipinski definition) is 4. The molecule has 0 radical (unpaired) electrons. The van der Waals surface area contributed by atoms with Crippen LogP contribution in [0, 0.1) is 23.2 Å². The third-order valence-corrected chi connectivity index (χ3v) is 8.60. The molecule has 4 heteroatoms. The van der Waals surface area contributed by atoms with Crippen LogP contribution in [0.15, 0.2) is 35.5 Å². The summed E-state index contributed by atoms with van der Waals surface area (Å²) in [6, 6.07) is 0. The molecule has 0 bridgehead atoms. The predicted molar refractivity (Wildman–Crippen MR) is 125 cm³/mol. The van der Waals surface area contributed by atoms with E-state index in [1.807, 2.05) is 20.8 Å². The largest absolute Gasteiger partial charge is 0.393 e. The second-order valence-corrected chi connectivity index (χ2v) is 11.3. The van der Waals surface area contributed by atoms with Gasteiger partial charge in [-0.25, -0.2) is 0 Å². The molecule has 4 N–H and O–H groups in total. The Bertz CT molecular complexity index is 719. The Labute approximate surface area is 188 Å². The maximum absolute atomic E-state index is 11.5. The fourth-order valence-corrected chi connectivity index (χ4v) is 6.79. The van der Waals surface area contributed by atoms with Gasteiger partial charge in [0.05, 0.1) is 23.9 Å². The molecule has 0 spiro atoms. The summed E-state index contributed by atoms with van der Waals surface area (Å²) >= 11 is 0. The maximum Gasteiger partial charge on any atom is 0.0829 e. The lowest BCUT2D eigenvalue weighted by Crippen LogP contribution is -2.48. The number of rotatable bonds is 6. The standard InChI is InChI=1S/C27H44O4/c1-17(2)25(30)23(29)16-27(5,31)24-13-12-22-19(7-6-14-26(22,24)4)9-10-20-15-21(28)11-8-18(20)3/h9-10,17,21-25,28-31H,3,6-8,11-16H2,1-2,4-5H3/b19-9+,20-10-/t21-,22+,23?,24+,25?,26+,27+/m1/s1. The highest BCUT2D eigenvalue weighted by molar-refractivity contribution is 5.36. The first-order valence-corrected chi connectivity index (χ1v) is 12.3. The van der Waals surface area contributed by atoms with Crippen molar-refractivity contribution in [3.63, 3.8) is 0 Å². The number of allylic oxidation sites excluding steroid dienone is 4. The molecule has 3 aliphatic carbocycles. The van der Waals surface area contributed by atoms with Crippen LogP contribution in [0.4, 0.5) is 0 Å². The van der Waals surface area contributed by atoms with Gasteiger partial charge in [0, 0.05) is 6.42 Å². The van der Waals surface area contributed by atoms with Crippen molar-refractivity contribution in [2.75, 3.05) is 0 Å². The average molecular weight is 433 g/mol. The summed E-state index contributed by atoms with van der Waals surface area (Å²) in [5, 5.41) is 42.3. The van der Waals surface area contributed by atoms with Crippen molar-refractivity contribution in [1.82, 2.24) is 0 Å². The van der Waals surface area contributed by atoms with Gasteiger partial charge in [0.25, 0.3) is 0 Å². The molecular weight excluding hydrogens is 388 g/mol. The Morgan fingerprint density at radius 2 is 1.87 bits per heavy atom. The monoisotopic (exact) mass is 432 g/mol. The minimum Gasteiger partial charge on any atom is -0.393 e. The third-order valence-electron chi connectivity index (χ3n) is 8.60. The first-order valence-electron chi connectivity index (χ1n) is 12.3. The van der Waals surface area contributed by atoms with Crippen LogP contribution in [0.1, 0.15) is 85.5 Å². The zero-order chi connectivity index (χ0) is 23.0. The quantitative estimate of drug-likeness (QED) is 0.491. The first-order chi connectivity index (χ1) is 14.5. The molecule has 0 aliphatic heterocycles. The van der Waals surface area contributed by atoms with E-state index in [2.05, 4.69) is 25.7 Å². The van der Waals surface area contributed by atoms with Crippen LogP contribution in [-0.4, -0.2) is 44.3 Å². The van der Waals surface area contributed by atoms with Crippen LogP contribution in [-0.2, 0) is 0 Å². The molecule has 4 nitrogen and oxygen atoms in total. The highest BCUT2D eigenvalue weighted by Gasteiger charge is 2.55. The summed E-state index contributed by atoms with van der Waals surface area (Å²) in [5.41, 5.74) is 2.76. The molecule has 3 rings (SSSR count). The van der Waals surface area contributed by atoms with Gasteiger partial charge >= 0.3 is 0 Å². The summed E-state index contributed by atoms with van der Waals surface area (Å²) in [5.74, 6) is 0.494. The zero-order valence-corrected chi connectivity index (χ0v) is 20.0. The molecule has 176 valence electrons. The van der Waals surface area contributed by atoms with Gasteiger partial charge < -0.3 is 20.4 Å². The fourth-order valence-electron chi connectivity index (χ4n) is 6.79. The van der Waals surface area contributed by atoms with Crippen LogP contribution >= 0.6 is 0 Å². The molecule has 0 amide bonds. The minimum absolute atomic E-state index is 0.00230. The van der Waals surface area contributed by atoms with E-state index >= 15 is 0 Å². The average Bonchev–Trinajstić information content (AvgIpc) is 3.06. The van der Waals surface area contributed by atoms with Crippen LogP contribution in [0.2, 0.25) is 0 Å². The van der Waals surface area contributed by atoms with Crippen LogP contribution in [0.5, 0.6) is 0 Å². The first kappa shape index (κ1) is 24.7. The highest BCUT2D eigenvalue weighted by atomic mass is 16.3. The molecule has 3 saturated carbocycles. The van der Waals surface area contributed by atoms with Gasteiger partial charge in [0.1, 0.15) is 0 Å². The second kappa shape index (κ2) is 9.51. The van der Waals surface area contributed by atoms with Crippen molar-refractivity contribution in [2.24, 2.45) is 23.2 Å². The number of aliphatic hydroxyl groups is 4. The normalized spacial score (nSPS) is 38.4. The van der Waals surface area contributed by atoms with Crippen LogP contribution in [0.3, 0.4) is 0 Å². The Morgan fingerprint density at radius 1 is 1.16 bits per heavy atom. The van der Waals surface area contributed by atoms with Gasteiger partial charge in [-0.2, -0.15) is 0 Å². The van der Waals surface area contributed by atoms with Crippen molar-refractivity contribution in [1.29, 1.82) is 0 Å². The molecular formula is C27H44O4. The maximum atomic E-state index is 11.5. The summed E-state index contributed by atoms with van der Waals surface area (Å²) in [7, 11) is 0. The SMILES string of the molecule is C=C1CC[C@@H](O)C/C1=C/C=C1\CCC[C@@]2(C)[C@H]1CC[C@@H]2[C@@](C)(O)CC(O)C(O)C(C)C. The molecule has 3 aliphatic rings. The van der Waals surface area contributed by atoms with E-state index in [9.17, 15) is 20.4 Å². The van der Waals surface area contributed by atoms with Crippen LogP contribution in [0.25, 0.3) is 0 Å². The van der Waals surface area contributed by atoms with Crippen LogP contribution < -0.4 is 0 Å². The minimum atomic E-state index is -1.01. The van der Waals surface area contributed by atoms with Crippen molar-refractivity contribution in [2.45, 2.75) is 109 Å². The molecule has 2 unspecified atom stereocenters. The predicted octanol–water partition coefficient (Wildman–Crippen LogP) is 4.68. The van der Waals surface area contributed by atoms with E-state index < -0.39 is 17.8 Å². The molecule has 0 saturated heterocycles. The smallest absolute Gasteiger partial charge is 0.0829 e. The Balaban J connectivity index is 1.78. The third kappa shape index (κ3) is 5.19. The zero-order valence-electron chi connectivity index (χ0n) is 20.0. The van der Waals surface area contributed by atoms with Gasteiger partial charge in [-0.15, -0.1) is 0 Å². The van der Waals surface area contributed by atoms with Crippen molar-refractivity contribution < 1.29 is 20.4 Å². The Morgan fingerprint density at radius 3 is 2.55 bits per heavy atom. The molecule has 0 aromatic heterocycles. The van der Waals surface area contributed by atoms with Gasteiger partial charge in [0.15, 0.2) is 0 Å². The van der Waals surface area contributed by atoms with Crippen molar-refractivity contribution in [3.8, 4) is 0 Å². The molecule has 31 heavy (non-hydrogen) atoms. The second-order valence-electron chi connectivity index (χ2n) is 11.3. The summed E-state index contributed by atoms with van der Waals surface area (Å²) < 4.78 is 0. The fraction of sp³-hybridized carbons (Fsp3) is 0.778. The van der Waals surface area contributed by atoms with E-state index in [0.29, 0.717) is 12.3 Å². The van der Waals surface area contributed by atoms with E-state index in [4.69, 9.17) is 0 Å². The van der Waals surface area contributed by atoms with E-state index in [0.717, 1.165) is 50.5 Å². The topological polar surface area (TPSA) is 80.9 Å². The molecule has 0 aromatic rings. The number of aliphatic hydroxyl groups excluding tert-OH is 3. The van der Waals surface area contributed by atoms with Gasteiger partial charge in [-0.1, -0.05) is 50.6 Å². The lowest BCUT2D eigenvalue weighted by atomic mass is 9.59. The van der Waals surface area contributed by atoms with Crippen molar-refractivity contribution >= 4 is 0 Å². The summed E-state index contributed by atoms with van der Waals surface area (Å²) in [4.78, 5) is 0. The van der Waals surface area contributed by atoms with Crippen molar-refractivity contribution in [3.05, 3.63) is 35.5 Å². The molecule has 7 atom stereocenters.